The van der Waals surface area contributed by atoms with Crippen LogP contribution in [0.1, 0.15) is 37.7 Å². The molecule has 1 aromatic carbocycles. The number of anilines is 1. The second-order valence-corrected chi connectivity index (χ2v) is 5.77. The van der Waals surface area contributed by atoms with E-state index in [1.54, 1.807) is 0 Å². The van der Waals surface area contributed by atoms with Crippen molar-refractivity contribution < 1.29 is 9.53 Å². The third-order valence-corrected chi connectivity index (χ3v) is 4.23. The lowest BCUT2D eigenvalue weighted by molar-refractivity contribution is -0.124. The monoisotopic (exact) mass is 274 g/mol. The second-order valence-electron chi connectivity index (χ2n) is 5.77. The number of para-hydroxylation sites is 1. The van der Waals surface area contributed by atoms with Gasteiger partial charge < -0.3 is 15.4 Å². The summed E-state index contributed by atoms with van der Waals surface area (Å²) in [5.74, 6) is 0.142. The summed E-state index contributed by atoms with van der Waals surface area (Å²) in [6, 6.07) is 8.37. The first kappa shape index (κ1) is 13.4. The average molecular weight is 274 g/mol. The van der Waals surface area contributed by atoms with Crippen molar-refractivity contribution in [1.82, 2.24) is 5.32 Å². The Morgan fingerprint density at radius 1 is 1.35 bits per heavy atom. The van der Waals surface area contributed by atoms with Gasteiger partial charge in [-0.25, -0.2) is 0 Å². The number of carbonyl (C=O) groups is 1. The number of nitrogens with one attached hydrogen (secondary N) is 2. The molecule has 1 fully saturated rings. The molecule has 4 heteroatoms. The Kier molecular flexibility index (Phi) is 3.92. The lowest BCUT2D eigenvalue weighted by atomic mass is 9.89. The maximum atomic E-state index is 12.6. The molecule has 4 nitrogen and oxygen atoms in total. The molecule has 3 unspecified atom stereocenters. The fraction of sp³-hybridized carbons (Fsp3) is 0.562. The molecule has 1 amide bonds. The summed E-state index contributed by atoms with van der Waals surface area (Å²) < 4.78 is 5.53. The van der Waals surface area contributed by atoms with Crippen molar-refractivity contribution >= 4 is 11.6 Å². The SMILES string of the molecule is CC1CC(NC(=O)C2CCNc3ccccc32)CCO1. The number of ether oxygens (including phenoxy) is 1. The van der Waals surface area contributed by atoms with E-state index in [-0.39, 0.29) is 24.0 Å². The zero-order valence-electron chi connectivity index (χ0n) is 11.9. The molecule has 2 aliphatic rings. The maximum absolute atomic E-state index is 12.6. The minimum absolute atomic E-state index is 0.0226. The van der Waals surface area contributed by atoms with Crippen LogP contribution in [-0.4, -0.2) is 31.2 Å². The Hall–Kier alpha value is -1.55. The van der Waals surface area contributed by atoms with E-state index in [0.717, 1.165) is 43.7 Å². The third kappa shape index (κ3) is 2.80. The average Bonchev–Trinajstić information content (AvgIpc) is 2.46. The van der Waals surface area contributed by atoms with E-state index >= 15 is 0 Å². The summed E-state index contributed by atoms with van der Waals surface area (Å²) in [5, 5.41) is 6.57. The fourth-order valence-corrected chi connectivity index (χ4v) is 3.17. The van der Waals surface area contributed by atoms with E-state index in [0.29, 0.717) is 0 Å². The fourth-order valence-electron chi connectivity index (χ4n) is 3.17. The van der Waals surface area contributed by atoms with Gasteiger partial charge in [-0.1, -0.05) is 18.2 Å². The molecule has 0 bridgehead atoms. The van der Waals surface area contributed by atoms with E-state index in [4.69, 9.17) is 4.74 Å². The normalized spacial score (nSPS) is 29.1. The Morgan fingerprint density at radius 2 is 2.20 bits per heavy atom. The van der Waals surface area contributed by atoms with Gasteiger partial charge in [0.15, 0.2) is 0 Å². The molecule has 2 aliphatic heterocycles. The first-order chi connectivity index (χ1) is 9.74. The summed E-state index contributed by atoms with van der Waals surface area (Å²) in [5.41, 5.74) is 2.22. The Morgan fingerprint density at radius 3 is 3.05 bits per heavy atom. The Balaban J connectivity index is 1.69. The zero-order chi connectivity index (χ0) is 13.9. The van der Waals surface area contributed by atoms with Gasteiger partial charge in [-0.05, 0) is 37.8 Å². The van der Waals surface area contributed by atoms with Gasteiger partial charge in [-0.15, -0.1) is 0 Å². The molecule has 0 aromatic heterocycles. The van der Waals surface area contributed by atoms with Gasteiger partial charge in [0, 0.05) is 24.9 Å². The summed E-state index contributed by atoms with van der Waals surface area (Å²) in [4.78, 5) is 12.6. The molecular formula is C16H22N2O2. The molecule has 2 N–H and O–H groups in total. The molecule has 3 atom stereocenters. The van der Waals surface area contributed by atoms with Crippen molar-refractivity contribution in [1.29, 1.82) is 0 Å². The van der Waals surface area contributed by atoms with Crippen LogP contribution in [0.15, 0.2) is 24.3 Å². The van der Waals surface area contributed by atoms with Gasteiger partial charge in [-0.3, -0.25) is 4.79 Å². The van der Waals surface area contributed by atoms with E-state index in [9.17, 15) is 4.79 Å². The summed E-state index contributed by atoms with van der Waals surface area (Å²) >= 11 is 0. The van der Waals surface area contributed by atoms with Gasteiger partial charge in [0.1, 0.15) is 0 Å². The highest BCUT2D eigenvalue weighted by atomic mass is 16.5. The van der Waals surface area contributed by atoms with Gasteiger partial charge >= 0.3 is 0 Å². The van der Waals surface area contributed by atoms with Crippen molar-refractivity contribution in [2.45, 2.75) is 44.2 Å². The van der Waals surface area contributed by atoms with Crippen LogP contribution in [0, 0.1) is 0 Å². The highest BCUT2D eigenvalue weighted by Crippen LogP contribution is 2.31. The molecular weight excluding hydrogens is 252 g/mol. The molecule has 108 valence electrons. The smallest absolute Gasteiger partial charge is 0.227 e. The van der Waals surface area contributed by atoms with Crippen LogP contribution in [0.3, 0.4) is 0 Å². The molecule has 0 saturated carbocycles. The predicted octanol–water partition coefficient (Wildman–Crippen LogP) is 2.27. The largest absolute Gasteiger partial charge is 0.385 e. The van der Waals surface area contributed by atoms with Gasteiger partial charge in [0.25, 0.3) is 0 Å². The van der Waals surface area contributed by atoms with Crippen molar-refractivity contribution in [3.8, 4) is 0 Å². The summed E-state index contributed by atoms with van der Waals surface area (Å²) in [7, 11) is 0. The van der Waals surface area contributed by atoms with Crippen LogP contribution in [0.5, 0.6) is 0 Å². The lowest BCUT2D eigenvalue weighted by Crippen LogP contribution is -2.44. The predicted molar refractivity (Wildman–Crippen MR) is 78.9 cm³/mol. The topological polar surface area (TPSA) is 50.4 Å². The van der Waals surface area contributed by atoms with Crippen LogP contribution in [0.4, 0.5) is 5.69 Å². The zero-order valence-corrected chi connectivity index (χ0v) is 11.9. The molecule has 20 heavy (non-hydrogen) atoms. The first-order valence-corrected chi connectivity index (χ1v) is 7.49. The molecule has 0 aliphatic carbocycles. The summed E-state index contributed by atoms with van der Waals surface area (Å²) in [6.07, 6.45) is 2.94. The standard InChI is InChI=1S/C16H22N2O2/c1-11-10-12(7-9-20-11)18-16(19)14-6-8-17-15-5-3-2-4-13(14)15/h2-5,11-12,14,17H,6-10H2,1H3,(H,18,19). The van der Waals surface area contributed by atoms with E-state index in [1.165, 1.54) is 0 Å². The molecule has 1 aromatic rings. The van der Waals surface area contributed by atoms with Crippen LogP contribution >= 0.6 is 0 Å². The number of carbonyl (C=O) groups excluding carboxylic acids is 1. The lowest BCUT2D eigenvalue weighted by Gasteiger charge is -2.31. The number of hydrogen-bond donors (Lipinski definition) is 2. The molecule has 2 heterocycles. The Bertz CT molecular complexity index is 489. The van der Waals surface area contributed by atoms with Crippen molar-refractivity contribution in [3.63, 3.8) is 0 Å². The van der Waals surface area contributed by atoms with Gasteiger partial charge in [0.05, 0.1) is 12.0 Å². The van der Waals surface area contributed by atoms with Crippen molar-refractivity contribution in [2.75, 3.05) is 18.5 Å². The molecule has 0 radical (unpaired) electrons. The number of amides is 1. The quantitative estimate of drug-likeness (QED) is 0.870. The van der Waals surface area contributed by atoms with Gasteiger partial charge in [-0.2, -0.15) is 0 Å². The van der Waals surface area contributed by atoms with Crippen molar-refractivity contribution in [2.24, 2.45) is 0 Å². The van der Waals surface area contributed by atoms with E-state index < -0.39 is 0 Å². The first-order valence-electron chi connectivity index (χ1n) is 7.49. The van der Waals surface area contributed by atoms with E-state index in [2.05, 4.69) is 23.6 Å². The highest BCUT2D eigenvalue weighted by Gasteiger charge is 2.29. The third-order valence-electron chi connectivity index (χ3n) is 4.23. The Labute approximate surface area is 119 Å². The maximum Gasteiger partial charge on any atom is 0.227 e. The van der Waals surface area contributed by atoms with Crippen molar-refractivity contribution in [3.05, 3.63) is 29.8 Å². The highest BCUT2D eigenvalue weighted by molar-refractivity contribution is 5.86. The number of rotatable bonds is 2. The number of benzene rings is 1. The van der Waals surface area contributed by atoms with Gasteiger partial charge in [0.2, 0.25) is 5.91 Å². The van der Waals surface area contributed by atoms with E-state index in [1.807, 2.05) is 18.2 Å². The van der Waals surface area contributed by atoms with Crippen LogP contribution in [0.2, 0.25) is 0 Å². The number of hydrogen-bond acceptors (Lipinski definition) is 3. The minimum atomic E-state index is -0.0226. The van der Waals surface area contributed by atoms with Crippen LogP contribution in [-0.2, 0) is 9.53 Å². The molecule has 1 saturated heterocycles. The molecule has 0 spiro atoms. The second kappa shape index (κ2) is 5.83. The van der Waals surface area contributed by atoms with Crippen LogP contribution < -0.4 is 10.6 Å². The number of fused-ring (bicyclic) bond motifs is 1. The summed E-state index contributed by atoms with van der Waals surface area (Å²) in [6.45, 7) is 3.67. The molecule has 3 rings (SSSR count). The van der Waals surface area contributed by atoms with Crippen LogP contribution in [0.25, 0.3) is 0 Å². The minimum Gasteiger partial charge on any atom is -0.385 e.